The van der Waals surface area contributed by atoms with E-state index in [9.17, 15) is 14.4 Å². The lowest BCUT2D eigenvalue weighted by atomic mass is 10.0. The highest BCUT2D eigenvalue weighted by atomic mass is 16.5. The van der Waals surface area contributed by atoms with Gasteiger partial charge in [-0.2, -0.15) is 0 Å². The first-order valence-electron chi connectivity index (χ1n) is 6.49. The number of ketones is 2. The van der Waals surface area contributed by atoms with Gasteiger partial charge in [0.25, 0.3) is 0 Å². The summed E-state index contributed by atoms with van der Waals surface area (Å²) in [6, 6.07) is 5.18. The number of Topliss-reactive ketones (excluding diaryl/α,β-unsaturated/α-hetero) is 2. The molecule has 1 atom stereocenters. The zero-order valence-electron chi connectivity index (χ0n) is 11.1. The molecule has 0 aromatic heterocycles. The van der Waals surface area contributed by atoms with Crippen LogP contribution in [0.5, 0.6) is 0 Å². The SMILES string of the molecule is CCCC(=O)OC1C(=O)c2cccc(CC)c2C1=O. The Morgan fingerprint density at radius 3 is 2.58 bits per heavy atom. The molecular formula is C15H16O4. The van der Waals surface area contributed by atoms with Crippen LogP contribution in [0.1, 0.15) is 53.0 Å². The van der Waals surface area contributed by atoms with Gasteiger partial charge in [-0.05, 0) is 18.4 Å². The average Bonchev–Trinajstić information content (AvgIpc) is 2.64. The number of ether oxygens (including phenoxy) is 1. The fourth-order valence-electron chi connectivity index (χ4n) is 2.28. The highest BCUT2D eigenvalue weighted by Gasteiger charge is 2.42. The number of carbonyl (C=O) groups excluding carboxylic acids is 3. The summed E-state index contributed by atoms with van der Waals surface area (Å²) in [5.41, 5.74) is 1.62. The summed E-state index contributed by atoms with van der Waals surface area (Å²) in [5, 5.41) is 0. The summed E-state index contributed by atoms with van der Waals surface area (Å²) in [6.45, 7) is 3.76. The molecule has 0 radical (unpaired) electrons. The molecule has 0 bridgehead atoms. The van der Waals surface area contributed by atoms with E-state index in [1.807, 2.05) is 19.9 Å². The van der Waals surface area contributed by atoms with Crippen molar-refractivity contribution in [3.8, 4) is 0 Å². The largest absolute Gasteiger partial charge is 0.445 e. The third kappa shape index (κ3) is 2.30. The maximum atomic E-state index is 12.2. The Balaban J connectivity index is 2.31. The molecule has 1 aromatic carbocycles. The summed E-state index contributed by atoms with van der Waals surface area (Å²) < 4.78 is 5.02. The first-order chi connectivity index (χ1) is 9.10. The first-order valence-corrected chi connectivity index (χ1v) is 6.49. The fourth-order valence-corrected chi connectivity index (χ4v) is 2.28. The van der Waals surface area contributed by atoms with Crippen LogP contribution < -0.4 is 0 Å². The number of rotatable bonds is 4. The Bertz CT molecular complexity index is 545. The van der Waals surface area contributed by atoms with Gasteiger partial charge in [-0.1, -0.05) is 32.0 Å². The van der Waals surface area contributed by atoms with Crippen LogP contribution in [0.4, 0.5) is 0 Å². The minimum atomic E-state index is -1.28. The second-order valence-corrected chi connectivity index (χ2v) is 4.54. The minimum absolute atomic E-state index is 0.216. The molecule has 1 aliphatic carbocycles. The maximum absolute atomic E-state index is 12.2. The van der Waals surface area contributed by atoms with Gasteiger partial charge in [0.05, 0.1) is 0 Å². The monoisotopic (exact) mass is 260 g/mol. The van der Waals surface area contributed by atoms with Gasteiger partial charge in [0.15, 0.2) is 0 Å². The molecule has 0 spiro atoms. The number of aryl methyl sites for hydroxylation is 1. The molecule has 1 aliphatic rings. The molecule has 0 saturated carbocycles. The quantitative estimate of drug-likeness (QED) is 0.616. The van der Waals surface area contributed by atoms with E-state index in [4.69, 9.17) is 4.74 Å². The van der Waals surface area contributed by atoms with E-state index >= 15 is 0 Å². The predicted octanol–water partition coefficient (Wildman–Crippen LogP) is 2.34. The molecule has 0 N–H and O–H groups in total. The van der Waals surface area contributed by atoms with Crippen LogP contribution in [0.2, 0.25) is 0 Å². The van der Waals surface area contributed by atoms with Gasteiger partial charge in [0.2, 0.25) is 17.7 Å². The van der Waals surface area contributed by atoms with Crippen molar-refractivity contribution < 1.29 is 19.1 Å². The highest BCUT2D eigenvalue weighted by molar-refractivity contribution is 6.29. The molecule has 1 aromatic rings. The standard InChI is InChI=1S/C15H16O4/c1-3-6-11(16)19-15-13(17)10-8-5-7-9(4-2)12(10)14(15)18/h5,7-8,15H,3-4,6H2,1-2H3. The molecule has 2 rings (SSSR count). The van der Waals surface area contributed by atoms with Gasteiger partial charge in [-0.3, -0.25) is 14.4 Å². The van der Waals surface area contributed by atoms with Crippen molar-refractivity contribution in [1.82, 2.24) is 0 Å². The number of fused-ring (bicyclic) bond motifs is 1. The number of benzene rings is 1. The summed E-state index contributed by atoms with van der Waals surface area (Å²) in [4.78, 5) is 35.8. The molecule has 0 aliphatic heterocycles. The van der Waals surface area contributed by atoms with Gasteiger partial charge in [-0.15, -0.1) is 0 Å². The molecule has 4 heteroatoms. The zero-order valence-corrected chi connectivity index (χ0v) is 11.1. The Hall–Kier alpha value is -1.97. The smallest absolute Gasteiger partial charge is 0.306 e. The molecule has 1 unspecified atom stereocenters. The molecule has 0 saturated heterocycles. The third-order valence-corrected chi connectivity index (χ3v) is 3.22. The van der Waals surface area contributed by atoms with Crippen LogP contribution in [0.15, 0.2) is 18.2 Å². The number of hydrogen-bond donors (Lipinski definition) is 0. The molecular weight excluding hydrogens is 244 g/mol. The fraction of sp³-hybridized carbons (Fsp3) is 0.400. The second kappa shape index (κ2) is 5.34. The number of esters is 1. The van der Waals surface area contributed by atoms with Crippen LogP contribution in [0.3, 0.4) is 0 Å². The lowest BCUT2D eigenvalue weighted by Crippen LogP contribution is -2.28. The zero-order chi connectivity index (χ0) is 14.0. The highest BCUT2D eigenvalue weighted by Crippen LogP contribution is 2.28. The Labute approximate surface area is 111 Å². The second-order valence-electron chi connectivity index (χ2n) is 4.54. The average molecular weight is 260 g/mol. The molecule has 0 fully saturated rings. The van der Waals surface area contributed by atoms with Gasteiger partial charge in [0.1, 0.15) is 0 Å². The van der Waals surface area contributed by atoms with E-state index in [1.54, 1.807) is 12.1 Å². The molecule has 0 amide bonds. The molecule has 4 nitrogen and oxygen atoms in total. The van der Waals surface area contributed by atoms with Crippen LogP contribution >= 0.6 is 0 Å². The van der Waals surface area contributed by atoms with Crippen molar-refractivity contribution in [2.45, 2.75) is 39.2 Å². The summed E-state index contributed by atoms with van der Waals surface area (Å²) in [5.74, 6) is -1.29. The Kier molecular flexibility index (Phi) is 3.79. The van der Waals surface area contributed by atoms with E-state index in [1.165, 1.54) is 0 Å². The summed E-state index contributed by atoms with van der Waals surface area (Å²) in [7, 11) is 0. The van der Waals surface area contributed by atoms with E-state index in [-0.39, 0.29) is 12.2 Å². The van der Waals surface area contributed by atoms with Crippen molar-refractivity contribution in [3.63, 3.8) is 0 Å². The molecule has 19 heavy (non-hydrogen) atoms. The predicted molar refractivity (Wildman–Crippen MR) is 69.3 cm³/mol. The van der Waals surface area contributed by atoms with E-state index < -0.39 is 17.9 Å². The van der Waals surface area contributed by atoms with Gasteiger partial charge >= 0.3 is 5.97 Å². The lowest BCUT2D eigenvalue weighted by Gasteiger charge is -2.08. The van der Waals surface area contributed by atoms with Gasteiger partial charge < -0.3 is 4.74 Å². The molecule has 0 heterocycles. The normalized spacial score (nSPS) is 17.5. The maximum Gasteiger partial charge on any atom is 0.306 e. The summed E-state index contributed by atoms with van der Waals surface area (Å²) >= 11 is 0. The number of hydrogen-bond acceptors (Lipinski definition) is 4. The van der Waals surface area contributed by atoms with Crippen molar-refractivity contribution in [3.05, 3.63) is 34.9 Å². The van der Waals surface area contributed by atoms with E-state index in [2.05, 4.69) is 0 Å². The summed E-state index contributed by atoms with van der Waals surface area (Å²) in [6.07, 6.45) is 0.231. The lowest BCUT2D eigenvalue weighted by molar-refractivity contribution is -0.145. The van der Waals surface area contributed by atoms with Crippen LogP contribution in [-0.2, 0) is 16.0 Å². The van der Waals surface area contributed by atoms with E-state index in [0.717, 1.165) is 5.56 Å². The first kappa shape index (κ1) is 13.5. The van der Waals surface area contributed by atoms with Crippen LogP contribution in [0, 0.1) is 0 Å². The van der Waals surface area contributed by atoms with E-state index in [0.29, 0.717) is 24.0 Å². The van der Waals surface area contributed by atoms with Crippen molar-refractivity contribution in [2.75, 3.05) is 0 Å². The van der Waals surface area contributed by atoms with Gasteiger partial charge in [-0.25, -0.2) is 0 Å². The topological polar surface area (TPSA) is 60.4 Å². The minimum Gasteiger partial charge on any atom is -0.445 e. The van der Waals surface area contributed by atoms with Crippen molar-refractivity contribution >= 4 is 17.5 Å². The Morgan fingerprint density at radius 2 is 1.95 bits per heavy atom. The van der Waals surface area contributed by atoms with Crippen molar-refractivity contribution in [1.29, 1.82) is 0 Å². The third-order valence-electron chi connectivity index (χ3n) is 3.22. The molecule has 100 valence electrons. The van der Waals surface area contributed by atoms with Crippen molar-refractivity contribution in [2.24, 2.45) is 0 Å². The number of carbonyl (C=O) groups is 3. The Morgan fingerprint density at radius 1 is 1.21 bits per heavy atom. The van der Waals surface area contributed by atoms with Crippen LogP contribution in [0.25, 0.3) is 0 Å². The van der Waals surface area contributed by atoms with Crippen LogP contribution in [-0.4, -0.2) is 23.6 Å². The van der Waals surface area contributed by atoms with Gasteiger partial charge in [0, 0.05) is 17.5 Å².